The second-order valence-corrected chi connectivity index (χ2v) is 24.5. The maximum atomic E-state index is 13.2. The van der Waals surface area contributed by atoms with Crippen molar-refractivity contribution in [2.24, 2.45) is 11.3 Å². The molecule has 0 aromatic heterocycles. The van der Waals surface area contributed by atoms with Crippen molar-refractivity contribution in [2.75, 3.05) is 6.61 Å². The lowest BCUT2D eigenvalue weighted by Crippen LogP contribution is -2.48. The molecule has 3 atom stereocenters. The third kappa shape index (κ3) is 6.32. The third-order valence-corrected chi connectivity index (χ3v) is 18.8. The first kappa shape index (κ1) is 31.6. The maximum absolute atomic E-state index is 13.2. The highest BCUT2D eigenvalue weighted by Gasteiger charge is 2.54. The Morgan fingerprint density at radius 1 is 0.972 bits per heavy atom. The normalized spacial score (nSPS) is 26.4. The number of hydrogen-bond donors (Lipinski definition) is 0. The number of halogens is 3. The van der Waals surface area contributed by atoms with Gasteiger partial charge in [0.1, 0.15) is 5.76 Å². The van der Waals surface area contributed by atoms with Crippen molar-refractivity contribution in [3.8, 4) is 0 Å². The van der Waals surface area contributed by atoms with Crippen LogP contribution in [-0.2, 0) is 23.2 Å². The summed E-state index contributed by atoms with van der Waals surface area (Å²) in [6.07, 6.45) is 4.79. The summed E-state index contributed by atoms with van der Waals surface area (Å²) in [5, 5.41) is -0.0264. The second kappa shape index (κ2) is 9.84. The molecule has 0 aromatic carbocycles. The lowest BCUT2D eigenvalue weighted by Gasteiger charge is -2.45. The molecule has 11 heteroatoms. The zero-order chi connectivity index (χ0) is 28.2. The number of fused-ring (bicyclic) bond motifs is 1. The van der Waals surface area contributed by atoms with Crippen LogP contribution in [0.2, 0.25) is 36.3 Å². The van der Waals surface area contributed by atoms with Crippen LogP contribution >= 0.6 is 0 Å². The first-order valence-corrected chi connectivity index (χ1v) is 19.8. The second-order valence-electron chi connectivity index (χ2n) is 13.4. The Balaban J connectivity index is 2.42. The summed E-state index contributed by atoms with van der Waals surface area (Å²) in [5.74, 6) is -0.430. The summed E-state index contributed by atoms with van der Waals surface area (Å²) in [4.78, 5) is 0. The van der Waals surface area contributed by atoms with E-state index in [4.69, 9.17) is 13.0 Å². The zero-order valence-corrected chi connectivity index (χ0v) is 26.5. The molecule has 5 nitrogen and oxygen atoms in total. The van der Waals surface area contributed by atoms with Gasteiger partial charge in [-0.1, -0.05) is 54.5 Å². The molecule has 0 unspecified atom stereocenters. The van der Waals surface area contributed by atoms with Gasteiger partial charge in [0.05, 0.1) is 6.10 Å². The van der Waals surface area contributed by atoms with Crippen LogP contribution in [0.5, 0.6) is 0 Å². The molecule has 0 aromatic rings. The first-order chi connectivity index (χ1) is 15.9. The molecule has 0 N–H and O–H groups in total. The molecule has 0 amide bonds. The minimum absolute atomic E-state index is 0.00453. The summed E-state index contributed by atoms with van der Waals surface area (Å²) >= 11 is 0. The van der Waals surface area contributed by atoms with E-state index < -0.39 is 37.7 Å². The topological polar surface area (TPSA) is 61.8 Å². The van der Waals surface area contributed by atoms with E-state index in [0.717, 1.165) is 6.42 Å². The van der Waals surface area contributed by atoms with Crippen LogP contribution in [0, 0.1) is 11.3 Å². The molecular weight excluding hydrogens is 526 g/mol. The lowest BCUT2D eigenvalue weighted by molar-refractivity contribution is -0.0521. The van der Waals surface area contributed by atoms with Crippen molar-refractivity contribution in [2.45, 2.75) is 116 Å². The highest BCUT2D eigenvalue weighted by Crippen LogP contribution is 2.55. The van der Waals surface area contributed by atoms with Gasteiger partial charge in [-0.25, -0.2) is 0 Å². The van der Waals surface area contributed by atoms with Gasteiger partial charge in [0.2, 0.25) is 0 Å². The Hall–Kier alpha value is -0.626. The van der Waals surface area contributed by atoms with Gasteiger partial charge in [-0.3, -0.25) is 0 Å². The zero-order valence-electron chi connectivity index (χ0n) is 23.7. The van der Waals surface area contributed by atoms with E-state index in [9.17, 15) is 21.6 Å². The van der Waals surface area contributed by atoms with Gasteiger partial charge in [0.25, 0.3) is 0 Å². The molecule has 0 heterocycles. The molecule has 1 fully saturated rings. The van der Waals surface area contributed by atoms with Gasteiger partial charge in [0.15, 0.2) is 16.6 Å². The van der Waals surface area contributed by atoms with Crippen LogP contribution in [-0.4, -0.2) is 43.3 Å². The average molecular weight is 571 g/mol. The minimum Gasteiger partial charge on any atom is -0.417 e. The van der Waals surface area contributed by atoms with E-state index in [2.05, 4.69) is 74.7 Å². The molecular formula is C25H45F3O5SSi2. The van der Waals surface area contributed by atoms with E-state index >= 15 is 0 Å². The SMILES string of the molecule is CC(C)(C)[Si](C)(C)OCCC1=C(OS(=O)(=O)C(F)(F)F)C=C[C@]2(C)[C@@H](O[Si](C)(C)C(C)(C)C)CC[C@@H]12. The van der Waals surface area contributed by atoms with Crippen molar-refractivity contribution in [3.05, 3.63) is 23.5 Å². The summed E-state index contributed by atoms with van der Waals surface area (Å²) in [6.45, 7) is 23.8. The molecule has 0 bridgehead atoms. The number of rotatable bonds is 8. The van der Waals surface area contributed by atoms with Gasteiger partial charge >= 0.3 is 15.6 Å². The maximum Gasteiger partial charge on any atom is 0.534 e. The van der Waals surface area contributed by atoms with Crippen LogP contribution in [0.3, 0.4) is 0 Å². The average Bonchev–Trinajstić information content (AvgIpc) is 2.96. The molecule has 210 valence electrons. The van der Waals surface area contributed by atoms with Gasteiger partial charge < -0.3 is 13.0 Å². The summed E-state index contributed by atoms with van der Waals surface area (Å²) in [6, 6.07) is 0. The van der Waals surface area contributed by atoms with Crippen molar-refractivity contribution in [1.82, 2.24) is 0 Å². The molecule has 36 heavy (non-hydrogen) atoms. The van der Waals surface area contributed by atoms with Gasteiger partial charge in [-0.2, -0.15) is 21.6 Å². The fourth-order valence-electron chi connectivity index (χ4n) is 4.37. The number of hydrogen-bond acceptors (Lipinski definition) is 5. The van der Waals surface area contributed by atoms with Crippen molar-refractivity contribution in [1.29, 1.82) is 0 Å². The number of allylic oxidation sites excluding steroid dienone is 1. The number of alkyl halides is 3. The smallest absolute Gasteiger partial charge is 0.417 e. The fourth-order valence-corrected chi connectivity index (χ4v) is 7.34. The Kier molecular flexibility index (Phi) is 8.64. The highest BCUT2D eigenvalue weighted by molar-refractivity contribution is 7.87. The van der Waals surface area contributed by atoms with Crippen LogP contribution in [0.25, 0.3) is 0 Å². The van der Waals surface area contributed by atoms with E-state index in [-0.39, 0.29) is 27.9 Å². The summed E-state index contributed by atoms with van der Waals surface area (Å²) in [7, 11) is -10.00. The Bertz CT molecular complexity index is 989. The van der Waals surface area contributed by atoms with E-state index in [1.807, 2.05) is 0 Å². The molecule has 0 saturated heterocycles. The molecule has 0 spiro atoms. The van der Waals surface area contributed by atoms with Crippen LogP contribution in [0.15, 0.2) is 23.5 Å². The Morgan fingerprint density at radius 2 is 1.50 bits per heavy atom. The van der Waals surface area contributed by atoms with Crippen molar-refractivity contribution < 1.29 is 34.6 Å². The summed E-state index contributed by atoms with van der Waals surface area (Å²) < 4.78 is 81.1. The predicted molar refractivity (Wildman–Crippen MR) is 143 cm³/mol. The first-order valence-electron chi connectivity index (χ1n) is 12.6. The molecule has 2 rings (SSSR count). The van der Waals surface area contributed by atoms with E-state index in [1.54, 1.807) is 6.08 Å². The quantitative estimate of drug-likeness (QED) is 0.169. The molecule has 0 aliphatic heterocycles. The molecule has 2 aliphatic rings. The van der Waals surface area contributed by atoms with Gasteiger partial charge in [0, 0.05) is 12.0 Å². The van der Waals surface area contributed by atoms with Crippen molar-refractivity contribution >= 4 is 26.8 Å². The van der Waals surface area contributed by atoms with Gasteiger partial charge in [-0.15, -0.1) is 0 Å². The van der Waals surface area contributed by atoms with Crippen LogP contribution < -0.4 is 0 Å². The minimum atomic E-state index is -5.78. The van der Waals surface area contributed by atoms with E-state index in [0.29, 0.717) is 25.0 Å². The largest absolute Gasteiger partial charge is 0.534 e. The van der Waals surface area contributed by atoms with Crippen LogP contribution in [0.1, 0.15) is 67.7 Å². The van der Waals surface area contributed by atoms with Gasteiger partial charge in [-0.05, 0) is 73.1 Å². The Morgan fingerprint density at radius 3 is 1.97 bits per heavy atom. The monoisotopic (exact) mass is 570 g/mol. The third-order valence-electron chi connectivity index (χ3n) is 8.86. The highest BCUT2D eigenvalue weighted by atomic mass is 32.2. The Labute approximate surface area is 218 Å². The predicted octanol–water partition coefficient (Wildman–Crippen LogP) is 7.90. The summed E-state index contributed by atoms with van der Waals surface area (Å²) in [5.41, 5.74) is -5.41. The molecule has 1 saturated carbocycles. The lowest BCUT2D eigenvalue weighted by atomic mass is 9.70. The van der Waals surface area contributed by atoms with Crippen LogP contribution in [0.4, 0.5) is 13.2 Å². The standard InChI is InChI=1S/C25H45F3O5SSi2/c1-22(2,3)35(8,9)31-17-15-18-19-12-13-21(33-36(10,11)23(4,5)6)24(19,7)16-14-20(18)32-34(29,30)25(26,27)28/h14,16,19,21H,12-13,15,17H2,1-11H3/t19-,21-,24-/m0/s1. The molecule has 0 radical (unpaired) electrons. The van der Waals surface area contributed by atoms with Crippen molar-refractivity contribution in [3.63, 3.8) is 0 Å². The fraction of sp³-hybridized carbons (Fsp3) is 0.840. The molecule has 2 aliphatic carbocycles. The van der Waals surface area contributed by atoms with E-state index in [1.165, 1.54) is 6.08 Å².